The van der Waals surface area contributed by atoms with Gasteiger partial charge in [0.25, 0.3) is 0 Å². The number of nitrogens with zero attached hydrogens (tertiary/aromatic N) is 1. The Morgan fingerprint density at radius 1 is 0.444 bits per heavy atom. The highest BCUT2D eigenvalue weighted by Crippen LogP contribution is 2.36. The molecule has 8 aromatic rings. The van der Waals surface area contributed by atoms with Crippen molar-refractivity contribution in [2.75, 3.05) is 0 Å². The van der Waals surface area contributed by atoms with Crippen LogP contribution >= 0.6 is 11.3 Å². The van der Waals surface area contributed by atoms with Crippen molar-refractivity contribution >= 4 is 42.4 Å². The Hall–Kier alpha value is -5.26. The lowest BCUT2D eigenvalue weighted by atomic mass is 9.95. The van der Waals surface area contributed by atoms with E-state index in [4.69, 9.17) is 0 Å². The quantitative estimate of drug-likeness (QED) is 0.194. The van der Waals surface area contributed by atoms with Crippen molar-refractivity contribution in [2.24, 2.45) is 0 Å². The molecule has 6 aromatic carbocycles. The second kappa shape index (κ2) is 10.7. The summed E-state index contributed by atoms with van der Waals surface area (Å²) in [6.45, 7) is 0. The number of alkyl halides is 3. The molecule has 0 atom stereocenters. The minimum Gasteiger partial charge on any atom is -0.245 e. The van der Waals surface area contributed by atoms with Crippen molar-refractivity contribution in [3.8, 4) is 44.5 Å². The van der Waals surface area contributed by atoms with Crippen LogP contribution in [0.2, 0.25) is 0 Å². The first-order chi connectivity index (χ1) is 21.9. The number of aromatic nitrogens is 1. The van der Waals surface area contributed by atoms with E-state index in [2.05, 4.69) is 89.9 Å². The van der Waals surface area contributed by atoms with E-state index in [1.807, 2.05) is 36.5 Å². The summed E-state index contributed by atoms with van der Waals surface area (Å²) in [5.41, 5.74) is 7.82. The van der Waals surface area contributed by atoms with Crippen LogP contribution in [0.1, 0.15) is 5.56 Å². The number of hydrogen-bond donors (Lipinski definition) is 0. The molecular formula is C40H24F3NS. The molecule has 216 valence electrons. The first kappa shape index (κ1) is 27.3. The summed E-state index contributed by atoms with van der Waals surface area (Å²) in [4.78, 5) is 5.59. The monoisotopic (exact) mass is 607 g/mol. The predicted octanol–water partition coefficient (Wildman–Crippen LogP) is 12.3. The minimum atomic E-state index is -4.33. The van der Waals surface area contributed by atoms with Gasteiger partial charge in [0, 0.05) is 21.7 Å². The van der Waals surface area contributed by atoms with E-state index in [-0.39, 0.29) is 0 Å². The fourth-order valence-corrected chi connectivity index (χ4v) is 6.98. The van der Waals surface area contributed by atoms with E-state index in [1.165, 1.54) is 38.7 Å². The molecule has 2 heterocycles. The zero-order valence-electron chi connectivity index (χ0n) is 23.8. The molecule has 45 heavy (non-hydrogen) atoms. The molecule has 0 N–H and O–H groups in total. The molecule has 0 saturated carbocycles. The molecule has 0 spiro atoms. The van der Waals surface area contributed by atoms with Crippen LogP contribution in [-0.2, 0) is 6.18 Å². The van der Waals surface area contributed by atoms with Gasteiger partial charge in [-0.3, -0.25) is 0 Å². The van der Waals surface area contributed by atoms with Crippen molar-refractivity contribution in [1.29, 1.82) is 0 Å². The molecule has 1 nitrogen and oxygen atoms in total. The highest BCUT2D eigenvalue weighted by molar-refractivity contribution is 7.25. The summed E-state index contributed by atoms with van der Waals surface area (Å²) in [5.74, 6) is 0. The lowest BCUT2D eigenvalue weighted by Crippen LogP contribution is -2.03. The predicted molar refractivity (Wildman–Crippen MR) is 181 cm³/mol. The average Bonchev–Trinajstić information content (AvgIpc) is 3.46. The van der Waals surface area contributed by atoms with Gasteiger partial charge in [-0.2, -0.15) is 13.2 Å². The zero-order chi connectivity index (χ0) is 30.5. The SMILES string of the molecule is FC(F)(F)c1ccc(-c2ccc(-c3ccc4cc(-c5ccc(-c6ccc7sc8ncccc8c7c6)cc5)ccc4c3)cc2)cc1. The van der Waals surface area contributed by atoms with Gasteiger partial charge in [0.1, 0.15) is 4.83 Å². The zero-order valence-corrected chi connectivity index (χ0v) is 24.7. The van der Waals surface area contributed by atoms with E-state index < -0.39 is 11.7 Å². The van der Waals surface area contributed by atoms with Gasteiger partial charge < -0.3 is 0 Å². The molecule has 0 fully saturated rings. The lowest BCUT2D eigenvalue weighted by Gasteiger charge is -2.10. The molecule has 0 aliphatic heterocycles. The second-order valence-corrected chi connectivity index (χ2v) is 12.2. The fraction of sp³-hybridized carbons (Fsp3) is 0.0250. The molecule has 0 amide bonds. The molecule has 0 radical (unpaired) electrons. The molecule has 0 aliphatic rings. The van der Waals surface area contributed by atoms with E-state index in [1.54, 1.807) is 11.3 Å². The summed E-state index contributed by atoms with van der Waals surface area (Å²) in [7, 11) is 0. The van der Waals surface area contributed by atoms with Gasteiger partial charge in [-0.1, -0.05) is 91.0 Å². The van der Waals surface area contributed by atoms with E-state index in [0.717, 1.165) is 61.1 Å². The Kier molecular flexibility index (Phi) is 6.50. The molecule has 0 unspecified atom stereocenters. The number of benzene rings is 6. The number of halogens is 3. The Morgan fingerprint density at radius 2 is 0.889 bits per heavy atom. The number of thiophene rings is 1. The van der Waals surface area contributed by atoms with Crippen LogP contribution in [0.25, 0.3) is 75.6 Å². The Balaban J connectivity index is 1.02. The van der Waals surface area contributed by atoms with Gasteiger partial charge >= 0.3 is 6.18 Å². The molecule has 5 heteroatoms. The van der Waals surface area contributed by atoms with Crippen LogP contribution < -0.4 is 0 Å². The van der Waals surface area contributed by atoms with Crippen molar-refractivity contribution in [3.63, 3.8) is 0 Å². The van der Waals surface area contributed by atoms with Crippen LogP contribution in [0.15, 0.2) is 146 Å². The van der Waals surface area contributed by atoms with Gasteiger partial charge in [0.05, 0.1) is 5.56 Å². The lowest BCUT2D eigenvalue weighted by molar-refractivity contribution is -0.137. The fourth-order valence-electron chi connectivity index (χ4n) is 5.96. The van der Waals surface area contributed by atoms with Crippen molar-refractivity contribution in [3.05, 3.63) is 151 Å². The molecule has 0 bridgehead atoms. The summed E-state index contributed by atoms with van der Waals surface area (Å²) < 4.78 is 40.0. The third-order valence-electron chi connectivity index (χ3n) is 8.40. The second-order valence-electron chi connectivity index (χ2n) is 11.2. The number of rotatable bonds is 4. The first-order valence-electron chi connectivity index (χ1n) is 14.6. The Labute approximate surface area is 261 Å². The van der Waals surface area contributed by atoms with Gasteiger partial charge in [0.15, 0.2) is 0 Å². The normalized spacial score (nSPS) is 11.9. The smallest absolute Gasteiger partial charge is 0.245 e. The number of fused-ring (bicyclic) bond motifs is 4. The van der Waals surface area contributed by atoms with Gasteiger partial charge in [-0.05, 0) is 104 Å². The standard InChI is InChI=1S/C40H24F3NS/c41-40(42,43)35-18-15-26(16-19-35)25-3-5-27(6-4-25)30-11-13-33-23-31(12-14-32(33)22-30)28-7-9-29(10-8-28)34-17-20-38-37(24-34)36-2-1-21-44-39(36)45-38/h1-24H. The van der Waals surface area contributed by atoms with Crippen LogP contribution in [0.5, 0.6) is 0 Å². The molecule has 0 saturated heterocycles. The van der Waals surface area contributed by atoms with Crippen LogP contribution in [0.3, 0.4) is 0 Å². The highest BCUT2D eigenvalue weighted by Gasteiger charge is 2.30. The van der Waals surface area contributed by atoms with Gasteiger partial charge in [-0.25, -0.2) is 4.98 Å². The third-order valence-corrected chi connectivity index (χ3v) is 9.50. The van der Waals surface area contributed by atoms with Gasteiger partial charge in [0.2, 0.25) is 0 Å². The largest absolute Gasteiger partial charge is 0.416 e. The third kappa shape index (κ3) is 5.15. The molecular weight excluding hydrogens is 584 g/mol. The van der Waals surface area contributed by atoms with Crippen LogP contribution in [-0.4, -0.2) is 4.98 Å². The average molecular weight is 608 g/mol. The van der Waals surface area contributed by atoms with Gasteiger partial charge in [-0.15, -0.1) is 11.3 Å². The minimum absolute atomic E-state index is 0.641. The van der Waals surface area contributed by atoms with Crippen molar-refractivity contribution < 1.29 is 13.2 Å². The summed E-state index contributed by atoms with van der Waals surface area (Å²) in [5, 5.41) is 4.75. The summed E-state index contributed by atoms with van der Waals surface area (Å²) in [6, 6.07) is 45.7. The Morgan fingerprint density at radius 3 is 1.42 bits per heavy atom. The number of hydrogen-bond acceptors (Lipinski definition) is 2. The van der Waals surface area contributed by atoms with E-state index in [9.17, 15) is 13.2 Å². The molecule has 2 aromatic heterocycles. The topological polar surface area (TPSA) is 12.9 Å². The van der Waals surface area contributed by atoms with Crippen molar-refractivity contribution in [1.82, 2.24) is 4.98 Å². The van der Waals surface area contributed by atoms with E-state index >= 15 is 0 Å². The Bertz CT molecular complexity index is 2330. The number of pyridine rings is 1. The summed E-state index contributed by atoms with van der Waals surface area (Å²) >= 11 is 1.73. The van der Waals surface area contributed by atoms with E-state index in [0.29, 0.717) is 0 Å². The maximum atomic E-state index is 12.9. The summed E-state index contributed by atoms with van der Waals surface area (Å²) in [6.07, 6.45) is -2.49. The first-order valence-corrected chi connectivity index (χ1v) is 15.4. The maximum absolute atomic E-state index is 12.9. The highest BCUT2D eigenvalue weighted by atomic mass is 32.1. The molecule has 0 aliphatic carbocycles. The van der Waals surface area contributed by atoms with Crippen LogP contribution in [0.4, 0.5) is 13.2 Å². The maximum Gasteiger partial charge on any atom is 0.416 e. The molecule has 8 rings (SSSR count). The van der Waals surface area contributed by atoms with Crippen LogP contribution in [0, 0.1) is 0 Å². The van der Waals surface area contributed by atoms with Crippen molar-refractivity contribution in [2.45, 2.75) is 6.18 Å².